The molecule has 0 amide bonds. The minimum atomic E-state index is -0.132. The Kier molecular flexibility index (Phi) is 7.15. The van der Waals surface area contributed by atoms with Crippen LogP contribution in [0.3, 0.4) is 0 Å². The van der Waals surface area contributed by atoms with E-state index in [0.717, 1.165) is 37.1 Å². The van der Waals surface area contributed by atoms with Crippen molar-refractivity contribution in [3.05, 3.63) is 117 Å². The first-order valence-electron chi connectivity index (χ1n) is 13.6. The first-order chi connectivity index (χ1) is 18.5. The summed E-state index contributed by atoms with van der Waals surface area (Å²) in [6.07, 6.45) is 3.45. The van der Waals surface area contributed by atoms with Crippen molar-refractivity contribution >= 4 is 34.3 Å². The Morgan fingerprint density at radius 1 is 0.474 bits per heavy atom. The van der Waals surface area contributed by atoms with Crippen molar-refractivity contribution in [2.24, 2.45) is 0 Å². The van der Waals surface area contributed by atoms with Gasteiger partial charge in [-0.1, -0.05) is 88.4 Å². The van der Waals surface area contributed by atoms with E-state index in [4.69, 9.17) is 0 Å². The molecule has 0 aliphatic heterocycles. The van der Waals surface area contributed by atoms with Crippen LogP contribution in [0.2, 0.25) is 0 Å². The highest BCUT2D eigenvalue weighted by Crippen LogP contribution is 2.40. The molecule has 0 aromatic heterocycles. The molecular weight excluding hydrogens is 468 g/mol. The molecule has 4 aromatic rings. The maximum Gasteiger partial charge on any atom is 0.196 e. The number of aryl methyl sites for hydroxylation is 4. The molecular formula is C34H34N2O2. The van der Waals surface area contributed by atoms with Crippen molar-refractivity contribution in [1.82, 2.24) is 0 Å². The summed E-state index contributed by atoms with van der Waals surface area (Å²) in [4.78, 5) is 28.0. The molecule has 192 valence electrons. The molecule has 1 aliphatic carbocycles. The van der Waals surface area contributed by atoms with E-state index >= 15 is 0 Å². The highest BCUT2D eigenvalue weighted by atomic mass is 16.1. The lowest BCUT2D eigenvalue weighted by molar-refractivity contribution is 0.0980. The summed E-state index contributed by atoms with van der Waals surface area (Å²) in [5.41, 5.74) is 9.84. The number of hydrogen-bond donors (Lipinski definition) is 2. The van der Waals surface area contributed by atoms with Crippen molar-refractivity contribution in [3.8, 4) is 0 Å². The van der Waals surface area contributed by atoms with Crippen LogP contribution >= 0.6 is 0 Å². The Labute approximate surface area is 225 Å². The molecule has 5 rings (SSSR count). The summed E-state index contributed by atoms with van der Waals surface area (Å²) < 4.78 is 0. The van der Waals surface area contributed by atoms with Gasteiger partial charge < -0.3 is 10.6 Å². The van der Waals surface area contributed by atoms with Crippen LogP contribution in [-0.4, -0.2) is 11.6 Å². The summed E-state index contributed by atoms with van der Waals surface area (Å²) in [5, 5.41) is 7.18. The molecule has 4 heteroatoms. The van der Waals surface area contributed by atoms with E-state index in [2.05, 4.69) is 74.7 Å². The number of para-hydroxylation sites is 2. The van der Waals surface area contributed by atoms with Crippen molar-refractivity contribution in [1.29, 1.82) is 0 Å². The predicted molar refractivity (Wildman–Crippen MR) is 157 cm³/mol. The fraction of sp³-hybridized carbons (Fsp3) is 0.235. The Bertz CT molecular complexity index is 1390. The Hall–Kier alpha value is -4.18. The van der Waals surface area contributed by atoms with Gasteiger partial charge in [-0.2, -0.15) is 0 Å². The zero-order valence-electron chi connectivity index (χ0n) is 22.6. The first-order valence-corrected chi connectivity index (χ1v) is 13.6. The number of hydrogen-bond acceptors (Lipinski definition) is 4. The fourth-order valence-corrected chi connectivity index (χ4v) is 5.51. The second kappa shape index (κ2) is 10.7. The number of rotatable bonds is 8. The highest BCUT2D eigenvalue weighted by molar-refractivity contribution is 6.32. The van der Waals surface area contributed by atoms with Gasteiger partial charge in [-0.3, -0.25) is 9.59 Å². The highest BCUT2D eigenvalue weighted by Gasteiger charge is 2.34. The summed E-state index contributed by atoms with van der Waals surface area (Å²) in [5.74, 6) is -0.263. The summed E-state index contributed by atoms with van der Waals surface area (Å²) in [6.45, 7) is 8.52. The molecule has 0 heterocycles. The molecule has 0 fully saturated rings. The lowest BCUT2D eigenvalue weighted by Gasteiger charge is -2.26. The quantitative estimate of drug-likeness (QED) is 0.224. The van der Waals surface area contributed by atoms with E-state index in [1.165, 1.54) is 22.3 Å². The van der Waals surface area contributed by atoms with Crippen LogP contribution in [-0.2, 0) is 25.7 Å². The second-order valence-corrected chi connectivity index (χ2v) is 9.68. The lowest BCUT2D eigenvalue weighted by Crippen LogP contribution is -2.23. The van der Waals surface area contributed by atoms with E-state index in [9.17, 15) is 9.59 Å². The van der Waals surface area contributed by atoms with Gasteiger partial charge in [0.15, 0.2) is 11.6 Å². The summed E-state index contributed by atoms with van der Waals surface area (Å²) in [7, 11) is 0. The zero-order valence-corrected chi connectivity index (χ0v) is 22.6. The molecule has 0 saturated carbocycles. The minimum absolute atomic E-state index is 0.132. The molecule has 0 atom stereocenters. The molecule has 0 spiro atoms. The van der Waals surface area contributed by atoms with Gasteiger partial charge in [0.2, 0.25) is 0 Å². The van der Waals surface area contributed by atoms with Crippen molar-refractivity contribution in [2.75, 3.05) is 10.6 Å². The Balaban J connectivity index is 1.72. The molecule has 0 unspecified atom stereocenters. The smallest absolute Gasteiger partial charge is 0.196 e. The van der Waals surface area contributed by atoms with Gasteiger partial charge in [-0.25, -0.2) is 0 Å². The van der Waals surface area contributed by atoms with Crippen LogP contribution in [0.5, 0.6) is 0 Å². The minimum Gasteiger partial charge on any atom is -0.354 e. The van der Waals surface area contributed by atoms with E-state index in [-0.39, 0.29) is 11.6 Å². The Morgan fingerprint density at radius 2 is 0.816 bits per heavy atom. The third-order valence-electron chi connectivity index (χ3n) is 7.59. The molecule has 0 saturated heterocycles. The number of anilines is 4. The average Bonchev–Trinajstić information content (AvgIpc) is 2.96. The van der Waals surface area contributed by atoms with Crippen LogP contribution in [0.1, 0.15) is 81.8 Å². The van der Waals surface area contributed by atoms with E-state index < -0.39 is 0 Å². The standard InChI is InChI=1S/C34H34N2O2/c1-5-21-13-11-14-22(6-2)31(21)35-27-19-20-28(36-32-23(7-3)15-12-16-24(32)8-4)30-29(27)33(37)25-17-9-10-18-26(25)34(30)38/h9-20,35-36H,5-8H2,1-4H3. The topological polar surface area (TPSA) is 58.2 Å². The number of ketones is 2. The van der Waals surface area contributed by atoms with Gasteiger partial charge in [0.1, 0.15) is 0 Å². The molecule has 4 aromatic carbocycles. The SMILES string of the molecule is CCc1cccc(CC)c1Nc1ccc(Nc2c(CC)cccc2CC)c2c1C(=O)c1ccccc1C2=O. The van der Waals surface area contributed by atoms with Crippen LogP contribution in [0.15, 0.2) is 72.8 Å². The number of fused-ring (bicyclic) bond motifs is 2. The number of benzene rings is 4. The number of nitrogens with one attached hydrogen (secondary N) is 2. The average molecular weight is 503 g/mol. The zero-order chi connectivity index (χ0) is 26.8. The second-order valence-electron chi connectivity index (χ2n) is 9.68. The third-order valence-corrected chi connectivity index (χ3v) is 7.59. The van der Waals surface area contributed by atoms with E-state index in [0.29, 0.717) is 33.6 Å². The molecule has 4 nitrogen and oxygen atoms in total. The van der Waals surface area contributed by atoms with Crippen LogP contribution in [0.25, 0.3) is 0 Å². The third kappa shape index (κ3) is 4.30. The molecule has 2 N–H and O–H groups in total. The maximum atomic E-state index is 14.0. The van der Waals surface area contributed by atoms with Gasteiger partial charge in [0.05, 0.1) is 22.5 Å². The molecule has 1 aliphatic rings. The van der Waals surface area contributed by atoms with E-state index in [1.807, 2.05) is 24.3 Å². The summed E-state index contributed by atoms with van der Waals surface area (Å²) in [6, 6.07) is 23.6. The molecule has 38 heavy (non-hydrogen) atoms. The number of carbonyl (C=O) groups excluding carboxylic acids is 2. The monoisotopic (exact) mass is 502 g/mol. The van der Waals surface area contributed by atoms with Gasteiger partial charge in [-0.15, -0.1) is 0 Å². The normalized spacial score (nSPS) is 12.2. The fourth-order valence-electron chi connectivity index (χ4n) is 5.51. The van der Waals surface area contributed by atoms with E-state index in [1.54, 1.807) is 12.1 Å². The molecule has 0 bridgehead atoms. The predicted octanol–water partition coefficient (Wildman–Crippen LogP) is 8.20. The van der Waals surface area contributed by atoms with Gasteiger partial charge in [0.25, 0.3) is 0 Å². The maximum absolute atomic E-state index is 14.0. The number of carbonyl (C=O) groups is 2. The van der Waals surface area contributed by atoms with Crippen molar-refractivity contribution in [3.63, 3.8) is 0 Å². The van der Waals surface area contributed by atoms with Crippen LogP contribution < -0.4 is 10.6 Å². The first kappa shape index (κ1) is 25.5. The summed E-state index contributed by atoms with van der Waals surface area (Å²) >= 11 is 0. The van der Waals surface area contributed by atoms with Crippen LogP contribution in [0.4, 0.5) is 22.7 Å². The van der Waals surface area contributed by atoms with Gasteiger partial charge >= 0.3 is 0 Å². The molecule has 0 radical (unpaired) electrons. The lowest BCUT2D eigenvalue weighted by atomic mass is 9.82. The largest absolute Gasteiger partial charge is 0.354 e. The van der Waals surface area contributed by atoms with Crippen molar-refractivity contribution < 1.29 is 9.59 Å². The van der Waals surface area contributed by atoms with Crippen LogP contribution in [0, 0.1) is 0 Å². The van der Waals surface area contributed by atoms with Gasteiger partial charge in [-0.05, 0) is 60.1 Å². The van der Waals surface area contributed by atoms with Crippen molar-refractivity contribution in [2.45, 2.75) is 53.4 Å². The van der Waals surface area contributed by atoms with Gasteiger partial charge in [0, 0.05) is 22.5 Å². The Morgan fingerprint density at radius 3 is 1.13 bits per heavy atom.